The summed E-state index contributed by atoms with van der Waals surface area (Å²) < 4.78 is 24.0. The molecule has 0 radical (unpaired) electrons. The predicted molar refractivity (Wildman–Crippen MR) is 90.5 cm³/mol. The van der Waals surface area contributed by atoms with Crippen LogP contribution in [0.2, 0.25) is 0 Å². The number of halogens is 1. The highest BCUT2D eigenvalue weighted by Gasteiger charge is 2.09. The Balaban J connectivity index is 2.16. The SMILES string of the molecule is COc1ccc(OC)c(NC(=S)Nc2cccc(F)c2C)c1. The van der Waals surface area contributed by atoms with E-state index in [9.17, 15) is 4.39 Å². The van der Waals surface area contributed by atoms with Gasteiger partial charge in [-0.15, -0.1) is 0 Å². The molecule has 0 saturated heterocycles. The molecule has 0 amide bonds. The number of benzene rings is 2. The lowest BCUT2D eigenvalue weighted by atomic mass is 10.2. The third kappa shape index (κ3) is 3.65. The van der Waals surface area contributed by atoms with E-state index >= 15 is 0 Å². The first kappa shape index (κ1) is 16.0. The van der Waals surface area contributed by atoms with Crippen LogP contribution in [0.4, 0.5) is 15.8 Å². The fourth-order valence-electron chi connectivity index (χ4n) is 1.93. The standard InChI is InChI=1S/C16H17FN2O2S/c1-10-12(17)5-4-6-13(10)18-16(22)19-14-9-11(20-2)7-8-15(14)21-3/h4-9H,1-3H3,(H2,18,19,22). The Morgan fingerprint density at radius 3 is 2.45 bits per heavy atom. The number of hydrogen-bond acceptors (Lipinski definition) is 3. The van der Waals surface area contributed by atoms with Crippen molar-refractivity contribution in [1.82, 2.24) is 0 Å². The molecule has 2 rings (SSSR count). The zero-order valence-corrected chi connectivity index (χ0v) is 13.4. The Kier molecular flexibility index (Phi) is 5.16. The predicted octanol–water partition coefficient (Wildman–Crippen LogP) is 3.96. The van der Waals surface area contributed by atoms with Crippen molar-refractivity contribution in [2.45, 2.75) is 6.92 Å². The van der Waals surface area contributed by atoms with Crippen LogP contribution in [0, 0.1) is 12.7 Å². The van der Waals surface area contributed by atoms with Crippen LogP contribution in [0.15, 0.2) is 36.4 Å². The Morgan fingerprint density at radius 1 is 1.05 bits per heavy atom. The van der Waals surface area contributed by atoms with Gasteiger partial charge < -0.3 is 20.1 Å². The summed E-state index contributed by atoms with van der Waals surface area (Å²) in [4.78, 5) is 0. The summed E-state index contributed by atoms with van der Waals surface area (Å²) in [5, 5.41) is 6.33. The van der Waals surface area contributed by atoms with Crippen LogP contribution in [0.3, 0.4) is 0 Å². The molecular formula is C16H17FN2O2S. The van der Waals surface area contributed by atoms with Crippen LogP contribution < -0.4 is 20.1 Å². The van der Waals surface area contributed by atoms with Gasteiger partial charge in [-0.2, -0.15) is 0 Å². The molecule has 0 fully saturated rings. The van der Waals surface area contributed by atoms with Gasteiger partial charge in [0.15, 0.2) is 5.11 Å². The van der Waals surface area contributed by atoms with Crippen LogP contribution in [-0.2, 0) is 0 Å². The molecule has 0 spiro atoms. The minimum absolute atomic E-state index is 0.285. The van der Waals surface area contributed by atoms with Gasteiger partial charge in [-0.25, -0.2) is 4.39 Å². The van der Waals surface area contributed by atoms with Crippen molar-refractivity contribution in [2.24, 2.45) is 0 Å². The van der Waals surface area contributed by atoms with E-state index in [2.05, 4.69) is 10.6 Å². The number of anilines is 2. The Hall–Kier alpha value is -2.34. The lowest BCUT2D eigenvalue weighted by Gasteiger charge is -2.15. The van der Waals surface area contributed by atoms with E-state index in [0.717, 1.165) is 0 Å². The first-order valence-corrected chi connectivity index (χ1v) is 7.01. The molecule has 0 heterocycles. The van der Waals surface area contributed by atoms with E-state index in [4.69, 9.17) is 21.7 Å². The third-order valence-corrected chi connectivity index (χ3v) is 3.37. The van der Waals surface area contributed by atoms with Gasteiger partial charge in [0.2, 0.25) is 0 Å². The maximum absolute atomic E-state index is 13.5. The first-order valence-electron chi connectivity index (χ1n) is 6.60. The summed E-state index contributed by atoms with van der Waals surface area (Å²) in [7, 11) is 3.15. The van der Waals surface area contributed by atoms with E-state index in [1.54, 1.807) is 51.5 Å². The molecule has 6 heteroatoms. The zero-order chi connectivity index (χ0) is 16.1. The maximum atomic E-state index is 13.5. The highest BCUT2D eigenvalue weighted by atomic mass is 32.1. The second-order valence-electron chi connectivity index (χ2n) is 4.56. The molecule has 2 N–H and O–H groups in total. The van der Waals surface area contributed by atoms with Gasteiger partial charge in [-0.3, -0.25) is 0 Å². The van der Waals surface area contributed by atoms with Gasteiger partial charge in [0, 0.05) is 17.3 Å². The van der Waals surface area contributed by atoms with Crippen LogP contribution in [0.1, 0.15) is 5.56 Å². The van der Waals surface area contributed by atoms with Crippen LogP contribution >= 0.6 is 12.2 Å². The number of thiocarbonyl (C=S) groups is 1. The quantitative estimate of drug-likeness (QED) is 0.835. The normalized spacial score (nSPS) is 10.0. The average Bonchev–Trinajstić information content (AvgIpc) is 2.51. The molecule has 0 unspecified atom stereocenters. The summed E-state index contributed by atoms with van der Waals surface area (Å²) in [6, 6.07) is 10.1. The van der Waals surface area contributed by atoms with Gasteiger partial charge in [0.1, 0.15) is 17.3 Å². The zero-order valence-electron chi connectivity index (χ0n) is 12.6. The molecule has 4 nitrogen and oxygen atoms in total. The molecule has 116 valence electrons. The molecular weight excluding hydrogens is 303 g/mol. The molecule has 0 saturated carbocycles. The highest BCUT2D eigenvalue weighted by Crippen LogP contribution is 2.29. The minimum atomic E-state index is -0.285. The molecule has 22 heavy (non-hydrogen) atoms. The summed E-state index contributed by atoms with van der Waals surface area (Å²) in [6.07, 6.45) is 0. The van der Waals surface area contributed by atoms with E-state index < -0.39 is 0 Å². The number of rotatable bonds is 4. The van der Waals surface area contributed by atoms with Gasteiger partial charge in [-0.05, 0) is 43.4 Å². The maximum Gasteiger partial charge on any atom is 0.175 e. The van der Waals surface area contributed by atoms with Crippen LogP contribution in [0.25, 0.3) is 0 Å². The van der Waals surface area contributed by atoms with Gasteiger partial charge in [-0.1, -0.05) is 6.07 Å². The van der Waals surface area contributed by atoms with E-state index in [0.29, 0.717) is 33.5 Å². The number of ether oxygens (including phenoxy) is 2. The molecule has 0 atom stereocenters. The summed E-state index contributed by atoms with van der Waals surface area (Å²) in [5.41, 5.74) is 1.78. The molecule has 0 aliphatic carbocycles. The van der Waals surface area contributed by atoms with E-state index in [-0.39, 0.29) is 5.82 Å². The van der Waals surface area contributed by atoms with Crippen molar-refractivity contribution in [3.63, 3.8) is 0 Å². The van der Waals surface area contributed by atoms with Crippen LogP contribution in [-0.4, -0.2) is 19.3 Å². The Morgan fingerprint density at radius 2 is 1.77 bits per heavy atom. The van der Waals surface area contributed by atoms with Crippen molar-refractivity contribution in [1.29, 1.82) is 0 Å². The fraction of sp³-hybridized carbons (Fsp3) is 0.188. The summed E-state index contributed by atoms with van der Waals surface area (Å²) in [6.45, 7) is 1.69. The van der Waals surface area contributed by atoms with Gasteiger partial charge >= 0.3 is 0 Å². The average molecular weight is 320 g/mol. The van der Waals surface area contributed by atoms with Gasteiger partial charge in [0.05, 0.1) is 19.9 Å². The minimum Gasteiger partial charge on any atom is -0.497 e. The lowest BCUT2D eigenvalue weighted by molar-refractivity contribution is 0.405. The second-order valence-corrected chi connectivity index (χ2v) is 4.97. The Bertz CT molecular complexity index is 692. The van der Waals surface area contributed by atoms with Crippen molar-refractivity contribution in [3.8, 4) is 11.5 Å². The van der Waals surface area contributed by atoms with Gasteiger partial charge in [0.25, 0.3) is 0 Å². The third-order valence-electron chi connectivity index (χ3n) is 3.17. The van der Waals surface area contributed by atoms with Crippen molar-refractivity contribution < 1.29 is 13.9 Å². The smallest absolute Gasteiger partial charge is 0.175 e. The van der Waals surface area contributed by atoms with Crippen molar-refractivity contribution in [3.05, 3.63) is 47.8 Å². The lowest BCUT2D eigenvalue weighted by Crippen LogP contribution is -2.20. The topological polar surface area (TPSA) is 42.5 Å². The number of methoxy groups -OCH3 is 2. The molecule has 2 aromatic carbocycles. The first-order chi connectivity index (χ1) is 10.5. The highest BCUT2D eigenvalue weighted by molar-refractivity contribution is 7.80. The second kappa shape index (κ2) is 7.09. The van der Waals surface area contributed by atoms with E-state index in [1.807, 2.05) is 0 Å². The largest absolute Gasteiger partial charge is 0.497 e. The van der Waals surface area contributed by atoms with Crippen LogP contribution in [0.5, 0.6) is 11.5 Å². The summed E-state index contributed by atoms with van der Waals surface area (Å²) in [5.74, 6) is 1.01. The summed E-state index contributed by atoms with van der Waals surface area (Å²) >= 11 is 5.27. The fourth-order valence-corrected chi connectivity index (χ4v) is 2.15. The van der Waals surface area contributed by atoms with E-state index in [1.165, 1.54) is 6.07 Å². The molecule has 0 aromatic heterocycles. The molecule has 0 aliphatic rings. The van der Waals surface area contributed by atoms with Crippen molar-refractivity contribution >= 4 is 28.7 Å². The monoisotopic (exact) mass is 320 g/mol. The molecule has 0 aliphatic heterocycles. The Labute approximate surface area is 134 Å². The molecule has 0 bridgehead atoms. The number of hydrogen-bond donors (Lipinski definition) is 2. The number of nitrogens with one attached hydrogen (secondary N) is 2. The molecule has 2 aromatic rings. The van der Waals surface area contributed by atoms with Crippen molar-refractivity contribution in [2.75, 3.05) is 24.9 Å².